The molecule has 0 aromatic heterocycles. The lowest BCUT2D eigenvalue weighted by atomic mass is 9.97. The molecule has 2 aromatic carbocycles. The van der Waals surface area contributed by atoms with Gasteiger partial charge in [0.25, 0.3) is 0 Å². The number of carbonyl (C=O) groups excluding carboxylic acids is 2. The zero-order chi connectivity index (χ0) is 27.4. The number of sulfonamides is 1. The molecule has 1 saturated carbocycles. The topological polar surface area (TPSA) is 127 Å². The van der Waals surface area contributed by atoms with Crippen molar-refractivity contribution in [3.63, 3.8) is 0 Å². The van der Waals surface area contributed by atoms with Crippen molar-refractivity contribution in [1.29, 1.82) is 0 Å². The normalized spacial score (nSPS) is 24.3. The SMILES string of the molecule is O=C(O)NC1CN(S(=O)(=O)c2ccc(Cl)cc2Cl)C2CN(C3CC3)C(=O)C(Cc3ccc(F)cc3)N2C1=O. The van der Waals surface area contributed by atoms with E-state index >= 15 is 0 Å². The summed E-state index contributed by atoms with van der Waals surface area (Å²) in [7, 11) is -4.39. The lowest BCUT2D eigenvalue weighted by Crippen LogP contribution is -2.76. The number of halogens is 3. The van der Waals surface area contributed by atoms with Gasteiger partial charge >= 0.3 is 6.09 Å². The van der Waals surface area contributed by atoms with E-state index in [4.69, 9.17) is 23.2 Å². The number of hydrogen-bond donors (Lipinski definition) is 2. The first kappa shape index (κ1) is 26.7. The van der Waals surface area contributed by atoms with Gasteiger partial charge in [-0.25, -0.2) is 17.6 Å². The van der Waals surface area contributed by atoms with E-state index in [1.165, 1.54) is 42.5 Å². The maximum Gasteiger partial charge on any atom is 0.405 e. The summed E-state index contributed by atoms with van der Waals surface area (Å²) in [6, 6.07) is 6.60. The summed E-state index contributed by atoms with van der Waals surface area (Å²) in [6.07, 6.45) is -1.17. The third-order valence-corrected chi connectivity index (χ3v) is 9.52. The predicted octanol–water partition coefficient (Wildman–Crippen LogP) is 2.54. The van der Waals surface area contributed by atoms with Gasteiger partial charge in [0.15, 0.2) is 0 Å². The Morgan fingerprint density at radius 2 is 1.74 bits per heavy atom. The first-order valence-electron chi connectivity index (χ1n) is 11.8. The second kappa shape index (κ2) is 9.99. The van der Waals surface area contributed by atoms with Crippen LogP contribution in [0.15, 0.2) is 47.4 Å². The van der Waals surface area contributed by atoms with Crippen LogP contribution in [0.4, 0.5) is 9.18 Å². The van der Waals surface area contributed by atoms with Crippen molar-refractivity contribution in [3.05, 3.63) is 63.9 Å². The number of nitrogens with one attached hydrogen (secondary N) is 1. The molecule has 3 atom stereocenters. The number of nitrogens with zero attached hydrogens (tertiary/aromatic N) is 3. The van der Waals surface area contributed by atoms with Crippen molar-refractivity contribution in [3.8, 4) is 0 Å². The highest BCUT2D eigenvalue weighted by Crippen LogP contribution is 2.38. The third kappa shape index (κ3) is 4.93. The molecule has 10 nitrogen and oxygen atoms in total. The number of rotatable bonds is 6. The predicted molar refractivity (Wildman–Crippen MR) is 135 cm³/mol. The minimum atomic E-state index is -4.39. The summed E-state index contributed by atoms with van der Waals surface area (Å²) in [5.74, 6) is -1.57. The fourth-order valence-corrected chi connectivity index (χ4v) is 7.36. The molecule has 14 heteroatoms. The van der Waals surface area contributed by atoms with E-state index in [-0.39, 0.29) is 39.9 Å². The molecular formula is C24H23Cl2FN4O6S. The summed E-state index contributed by atoms with van der Waals surface area (Å²) >= 11 is 12.2. The molecule has 5 rings (SSSR count). The fourth-order valence-electron chi connectivity index (χ4n) is 5.03. The van der Waals surface area contributed by atoms with E-state index in [0.717, 1.165) is 22.0 Å². The molecular weight excluding hydrogens is 562 g/mol. The van der Waals surface area contributed by atoms with Gasteiger partial charge in [-0.1, -0.05) is 35.3 Å². The molecule has 2 heterocycles. The Hall–Kier alpha value is -2.93. The summed E-state index contributed by atoms with van der Waals surface area (Å²) < 4.78 is 42.4. The summed E-state index contributed by atoms with van der Waals surface area (Å²) in [5.41, 5.74) is 0.553. The number of hydrogen-bond acceptors (Lipinski definition) is 5. The number of carbonyl (C=O) groups is 3. The Morgan fingerprint density at radius 1 is 1.05 bits per heavy atom. The molecule has 3 fully saturated rings. The molecule has 0 radical (unpaired) electrons. The van der Waals surface area contributed by atoms with Gasteiger partial charge in [0.2, 0.25) is 21.8 Å². The van der Waals surface area contributed by atoms with Crippen molar-refractivity contribution in [2.75, 3.05) is 13.1 Å². The van der Waals surface area contributed by atoms with Gasteiger partial charge < -0.3 is 20.2 Å². The average molecular weight is 585 g/mol. The number of fused-ring (bicyclic) bond motifs is 1. The Kier molecular flexibility index (Phi) is 7.01. The zero-order valence-corrected chi connectivity index (χ0v) is 22.1. The molecule has 3 amide bonds. The van der Waals surface area contributed by atoms with Crippen LogP contribution in [-0.2, 0) is 26.0 Å². The Bertz CT molecular complexity index is 1410. The van der Waals surface area contributed by atoms with Crippen LogP contribution in [0.5, 0.6) is 0 Å². The van der Waals surface area contributed by atoms with Gasteiger partial charge in [-0.2, -0.15) is 4.31 Å². The van der Waals surface area contributed by atoms with E-state index in [9.17, 15) is 32.3 Å². The quantitative estimate of drug-likeness (QED) is 0.537. The van der Waals surface area contributed by atoms with Gasteiger partial charge in [-0.15, -0.1) is 0 Å². The van der Waals surface area contributed by atoms with Crippen molar-refractivity contribution >= 4 is 51.1 Å². The first-order chi connectivity index (χ1) is 18.0. The van der Waals surface area contributed by atoms with Crippen molar-refractivity contribution < 1.29 is 32.3 Å². The molecule has 0 bridgehead atoms. The van der Waals surface area contributed by atoms with Gasteiger partial charge in [0, 0.05) is 24.0 Å². The van der Waals surface area contributed by atoms with Crippen LogP contribution in [0.3, 0.4) is 0 Å². The highest BCUT2D eigenvalue weighted by molar-refractivity contribution is 7.89. The summed E-state index contributed by atoms with van der Waals surface area (Å²) in [5, 5.41) is 11.5. The molecule has 0 spiro atoms. The molecule has 2 aliphatic heterocycles. The van der Waals surface area contributed by atoms with E-state index < -0.39 is 52.6 Å². The van der Waals surface area contributed by atoms with Crippen LogP contribution < -0.4 is 5.32 Å². The first-order valence-corrected chi connectivity index (χ1v) is 14.0. The van der Waals surface area contributed by atoms with E-state index in [1.807, 2.05) is 0 Å². The lowest BCUT2D eigenvalue weighted by molar-refractivity contribution is -0.167. The van der Waals surface area contributed by atoms with E-state index in [1.54, 1.807) is 4.90 Å². The van der Waals surface area contributed by atoms with Crippen LogP contribution in [0.25, 0.3) is 0 Å². The zero-order valence-electron chi connectivity index (χ0n) is 19.8. The Balaban J connectivity index is 1.60. The van der Waals surface area contributed by atoms with Crippen LogP contribution in [-0.4, -0.2) is 82.9 Å². The standard InChI is InChI=1S/C24H23Cl2FN4O6S/c25-14-3-8-20(17(26)10-14)38(36,37)30-11-18(28-24(34)35)22(32)31-19(9-13-1-4-15(27)5-2-13)23(33)29(12-21(30)31)16-6-7-16/h1-5,8,10,16,18-19,21,28H,6-7,9,11-12H2,(H,34,35). The second-order valence-corrected chi connectivity index (χ2v) is 12.1. The lowest BCUT2D eigenvalue weighted by Gasteiger charge is -2.53. The van der Waals surface area contributed by atoms with Crippen LogP contribution in [0, 0.1) is 5.82 Å². The second-order valence-electron chi connectivity index (χ2n) is 9.45. The summed E-state index contributed by atoms with van der Waals surface area (Å²) in [6.45, 7) is -0.580. The minimum absolute atomic E-state index is 0.0139. The highest BCUT2D eigenvalue weighted by Gasteiger charge is 2.55. The molecule has 38 heavy (non-hydrogen) atoms. The van der Waals surface area contributed by atoms with Gasteiger partial charge in [0.05, 0.1) is 11.6 Å². The molecule has 202 valence electrons. The number of piperazine rings is 1. The van der Waals surface area contributed by atoms with Crippen LogP contribution in [0.2, 0.25) is 10.0 Å². The molecule has 3 aliphatic rings. The van der Waals surface area contributed by atoms with E-state index in [2.05, 4.69) is 5.32 Å². The van der Waals surface area contributed by atoms with Crippen LogP contribution >= 0.6 is 23.2 Å². The smallest absolute Gasteiger partial charge is 0.405 e. The van der Waals surface area contributed by atoms with Crippen molar-refractivity contribution in [2.45, 2.75) is 48.4 Å². The van der Waals surface area contributed by atoms with Gasteiger partial charge in [-0.05, 0) is 48.7 Å². The van der Waals surface area contributed by atoms with Crippen LogP contribution in [0.1, 0.15) is 18.4 Å². The highest BCUT2D eigenvalue weighted by atomic mass is 35.5. The molecule has 3 unspecified atom stereocenters. The summed E-state index contributed by atoms with van der Waals surface area (Å²) in [4.78, 5) is 41.2. The number of amides is 3. The number of carboxylic acid groups (broad SMARTS) is 1. The Morgan fingerprint density at radius 3 is 2.34 bits per heavy atom. The number of benzene rings is 2. The van der Waals surface area contributed by atoms with Crippen molar-refractivity contribution in [1.82, 2.24) is 19.4 Å². The molecule has 2 N–H and O–H groups in total. The minimum Gasteiger partial charge on any atom is -0.465 e. The molecule has 2 saturated heterocycles. The Labute approximate surface area is 227 Å². The maximum absolute atomic E-state index is 13.9. The largest absolute Gasteiger partial charge is 0.465 e. The van der Waals surface area contributed by atoms with Gasteiger partial charge in [0.1, 0.15) is 29.0 Å². The van der Waals surface area contributed by atoms with Crippen molar-refractivity contribution in [2.24, 2.45) is 0 Å². The average Bonchev–Trinajstić information content (AvgIpc) is 3.68. The van der Waals surface area contributed by atoms with E-state index in [0.29, 0.717) is 5.56 Å². The third-order valence-electron chi connectivity index (χ3n) is 6.94. The molecule has 2 aromatic rings. The molecule has 1 aliphatic carbocycles. The van der Waals surface area contributed by atoms with Gasteiger partial charge in [-0.3, -0.25) is 9.59 Å². The monoisotopic (exact) mass is 584 g/mol. The fraction of sp³-hybridized carbons (Fsp3) is 0.375. The maximum atomic E-state index is 13.9.